The Morgan fingerprint density at radius 2 is 1.17 bits per heavy atom. The number of hydrogen-bond acceptors (Lipinski definition) is 16. The highest BCUT2D eigenvalue weighted by atomic mass is 35.5. The van der Waals surface area contributed by atoms with E-state index in [1.54, 1.807) is 61.9 Å². The molecule has 0 aliphatic rings. The first kappa shape index (κ1) is 37.5. The van der Waals surface area contributed by atoms with Crippen molar-refractivity contribution in [1.82, 2.24) is 49.3 Å². The third-order valence-electron chi connectivity index (χ3n) is 7.76. The van der Waals surface area contributed by atoms with Gasteiger partial charge in [0.25, 0.3) is 0 Å². The summed E-state index contributed by atoms with van der Waals surface area (Å²) in [4.78, 5) is 39.5. The van der Waals surface area contributed by atoms with Gasteiger partial charge in [0.2, 0.25) is 0 Å². The van der Waals surface area contributed by atoms with Gasteiger partial charge in [0.1, 0.15) is 16.7 Å². The Labute approximate surface area is 321 Å². The Kier molecular flexibility index (Phi) is 12.0. The Balaban J connectivity index is 0.000000179. The number of methoxy groups -OCH3 is 2. The van der Waals surface area contributed by atoms with Crippen LogP contribution in [0.25, 0.3) is 27.8 Å². The first-order valence-corrected chi connectivity index (χ1v) is 20.5. The third kappa shape index (κ3) is 7.08. The van der Waals surface area contributed by atoms with Gasteiger partial charge < -0.3 is 14.6 Å². The number of ether oxygens (including phenoxy) is 2. The Hall–Kier alpha value is -4.26. The van der Waals surface area contributed by atoms with Gasteiger partial charge in [0.05, 0.1) is 47.8 Å². The van der Waals surface area contributed by atoms with E-state index in [0.717, 1.165) is 43.9 Å². The fraction of sp³-hybridized carbons (Fsp3) is 0.206. The molecule has 0 aliphatic heterocycles. The number of rotatable bonds is 10. The molecule has 0 atom stereocenters. The second-order valence-electron chi connectivity index (χ2n) is 10.4. The molecule has 52 heavy (non-hydrogen) atoms. The molecular weight excluding hydrogens is 760 g/mol. The van der Waals surface area contributed by atoms with Gasteiger partial charge in [-0.3, -0.25) is 4.40 Å². The first-order chi connectivity index (χ1) is 25.3. The summed E-state index contributed by atoms with van der Waals surface area (Å²) in [5.41, 5.74) is 2.69. The molecule has 0 saturated heterocycles. The molecule has 13 nitrogen and oxygen atoms in total. The zero-order chi connectivity index (χ0) is 36.8. The average Bonchev–Trinajstić information content (AvgIpc) is 3.55. The van der Waals surface area contributed by atoms with Crippen LogP contribution in [0.3, 0.4) is 0 Å². The Bertz CT molecular complexity index is 2320. The SMILES string of the molecule is COc1ccnc(Cl)c1C(O)(c1ccnc(SC)n1)c1ccnc(SC)n1.COc1ccnc2c1c(-c1ccnc(SC)n1)c1ccnc(SC)n12. The number of hydrogen-bond donors (Lipinski definition) is 1. The van der Waals surface area contributed by atoms with Gasteiger partial charge in [-0.1, -0.05) is 58.6 Å². The maximum absolute atomic E-state index is 12.0. The van der Waals surface area contributed by atoms with Crippen molar-refractivity contribution >= 4 is 75.2 Å². The number of fused-ring (bicyclic) bond motifs is 3. The van der Waals surface area contributed by atoms with Crippen LogP contribution in [0.1, 0.15) is 17.0 Å². The van der Waals surface area contributed by atoms with Gasteiger partial charge in [-0.25, -0.2) is 44.9 Å². The van der Waals surface area contributed by atoms with Crippen LogP contribution in [0, 0.1) is 0 Å². The predicted octanol–water partition coefficient (Wildman–Crippen LogP) is 6.84. The molecule has 0 radical (unpaired) electrons. The van der Waals surface area contributed by atoms with Gasteiger partial charge in [-0.05, 0) is 61.4 Å². The molecule has 7 aromatic rings. The van der Waals surface area contributed by atoms with E-state index in [2.05, 4.69) is 44.3 Å². The number of aromatic nitrogens is 10. The summed E-state index contributed by atoms with van der Waals surface area (Å²) in [6, 6.07) is 10.6. The van der Waals surface area contributed by atoms with Crippen LogP contribution < -0.4 is 9.47 Å². The number of thioether (sulfide) groups is 4. The molecule has 7 rings (SSSR count). The average molecular weight is 791 g/mol. The van der Waals surface area contributed by atoms with E-state index in [1.807, 2.05) is 49.4 Å². The molecule has 266 valence electrons. The summed E-state index contributed by atoms with van der Waals surface area (Å²) in [5, 5.41) is 15.6. The second kappa shape index (κ2) is 16.6. The van der Waals surface area contributed by atoms with Crippen molar-refractivity contribution in [2.75, 3.05) is 39.2 Å². The minimum Gasteiger partial charge on any atom is -0.496 e. The lowest BCUT2D eigenvalue weighted by Gasteiger charge is -2.29. The van der Waals surface area contributed by atoms with Gasteiger partial charge >= 0.3 is 0 Å². The quantitative estimate of drug-likeness (QED) is 0.0871. The van der Waals surface area contributed by atoms with E-state index in [0.29, 0.717) is 27.5 Å². The summed E-state index contributed by atoms with van der Waals surface area (Å²) < 4.78 is 13.1. The lowest BCUT2D eigenvalue weighted by atomic mass is 9.87. The lowest BCUT2D eigenvalue weighted by Crippen LogP contribution is -2.33. The van der Waals surface area contributed by atoms with Gasteiger partial charge in [0, 0.05) is 42.7 Å². The first-order valence-electron chi connectivity index (χ1n) is 15.2. The van der Waals surface area contributed by atoms with Crippen LogP contribution in [-0.4, -0.2) is 93.6 Å². The second-order valence-corrected chi connectivity index (χ2v) is 13.9. The molecule has 7 heterocycles. The van der Waals surface area contributed by atoms with Crippen molar-refractivity contribution in [3.63, 3.8) is 0 Å². The maximum atomic E-state index is 12.0. The van der Waals surface area contributed by atoms with Crippen molar-refractivity contribution in [1.29, 1.82) is 0 Å². The number of pyridine rings is 2. The van der Waals surface area contributed by atoms with Gasteiger partial charge in [-0.2, -0.15) is 0 Å². The molecule has 1 N–H and O–H groups in total. The summed E-state index contributed by atoms with van der Waals surface area (Å²) in [6.45, 7) is 0. The zero-order valence-corrected chi connectivity index (χ0v) is 32.7. The summed E-state index contributed by atoms with van der Waals surface area (Å²) >= 11 is 12.2. The normalized spacial score (nSPS) is 11.4. The molecule has 7 aromatic heterocycles. The standard InChI is InChI=1S/C17H16ClN5O2S2.C17H15N5OS2/c1-25-10-4-7-19-14(18)13(10)17(24,11-5-8-20-15(22-11)26-2)12-6-9-21-16(23-12)27-3;1-23-12-6-9-18-15-14(12)13(10-4-7-19-16(21-10)24-2)11-5-8-20-17(25-3)22(11)15/h4-9,24H,1-3H3;4-9H,1-3H3. The topological polar surface area (TPSA) is 159 Å². The minimum absolute atomic E-state index is 0.0884. The molecule has 18 heteroatoms. The van der Waals surface area contributed by atoms with E-state index in [4.69, 9.17) is 26.1 Å². The van der Waals surface area contributed by atoms with Crippen LogP contribution in [0.2, 0.25) is 5.15 Å². The number of aliphatic hydroxyl groups is 1. The maximum Gasteiger partial charge on any atom is 0.187 e. The highest BCUT2D eigenvalue weighted by Gasteiger charge is 2.42. The number of nitrogens with zero attached hydrogens (tertiary/aromatic N) is 10. The monoisotopic (exact) mass is 790 g/mol. The molecule has 0 fully saturated rings. The minimum atomic E-state index is -1.81. The van der Waals surface area contributed by atoms with Crippen LogP contribution in [-0.2, 0) is 5.60 Å². The van der Waals surface area contributed by atoms with Crippen LogP contribution in [0.4, 0.5) is 0 Å². The smallest absolute Gasteiger partial charge is 0.187 e. The molecule has 0 unspecified atom stereocenters. The highest BCUT2D eigenvalue weighted by molar-refractivity contribution is 7.99. The Morgan fingerprint density at radius 1 is 0.635 bits per heavy atom. The lowest BCUT2D eigenvalue weighted by molar-refractivity contribution is 0.110. The summed E-state index contributed by atoms with van der Waals surface area (Å²) in [7, 11) is 3.16. The fourth-order valence-electron chi connectivity index (χ4n) is 5.51. The molecule has 0 spiro atoms. The van der Waals surface area contributed by atoms with Gasteiger partial charge in [-0.15, -0.1) is 0 Å². The van der Waals surface area contributed by atoms with Gasteiger partial charge in [0.15, 0.2) is 31.9 Å². The van der Waals surface area contributed by atoms with E-state index >= 15 is 0 Å². The Morgan fingerprint density at radius 3 is 1.77 bits per heavy atom. The predicted molar refractivity (Wildman–Crippen MR) is 207 cm³/mol. The highest BCUT2D eigenvalue weighted by Crippen LogP contribution is 2.43. The largest absolute Gasteiger partial charge is 0.496 e. The summed E-state index contributed by atoms with van der Waals surface area (Å²) in [6.07, 6.45) is 17.7. The third-order valence-corrected chi connectivity index (χ3v) is 10.4. The van der Waals surface area contributed by atoms with E-state index < -0.39 is 5.60 Å². The van der Waals surface area contributed by atoms with Crippen molar-refractivity contribution in [3.8, 4) is 22.8 Å². The van der Waals surface area contributed by atoms with Crippen molar-refractivity contribution in [2.45, 2.75) is 26.2 Å². The van der Waals surface area contributed by atoms with Crippen molar-refractivity contribution in [2.24, 2.45) is 0 Å². The van der Waals surface area contributed by atoms with Crippen LogP contribution in [0.15, 0.2) is 94.2 Å². The molecule has 0 aromatic carbocycles. The van der Waals surface area contributed by atoms with E-state index in [-0.39, 0.29) is 10.7 Å². The molecule has 0 aliphatic carbocycles. The van der Waals surface area contributed by atoms with Crippen LogP contribution in [0.5, 0.6) is 11.5 Å². The number of halogens is 1. The van der Waals surface area contributed by atoms with Crippen molar-refractivity contribution < 1.29 is 14.6 Å². The van der Waals surface area contributed by atoms with Crippen LogP contribution >= 0.6 is 58.6 Å². The van der Waals surface area contributed by atoms with E-state index in [9.17, 15) is 5.11 Å². The van der Waals surface area contributed by atoms with Crippen molar-refractivity contribution in [3.05, 3.63) is 95.7 Å². The fourth-order valence-corrected chi connectivity index (χ4v) is 7.40. The molecule has 0 saturated carbocycles. The summed E-state index contributed by atoms with van der Waals surface area (Å²) in [5.74, 6) is 1.13. The molecular formula is C34H31ClN10O3S4. The van der Waals surface area contributed by atoms with E-state index in [1.165, 1.54) is 48.6 Å². The molecule has 0 amide bonds. The zero-order valence-electron chi connectivity index (χ0n) is 28.7. The molecule has 0 bridgehead atoms.